The molecule has 0 bridgehead atoms. The van der Waals surface area contributed by atoms with Crippen LogP contribution in [-0.2, 0) is 34.8 Å². The van der Waals surface area contributed by atoms with Gasteiger partial charge < -0.3 is 10.4 Å². The van der Waals surface area contributed by atoms with E-state index in [-0.39, 0.29) is 4.21 Å². The van der Waals surface area contributed by atoms with Crippen molar-refractivity contribution >= 4 is 33.0 Å². The zero-order valence-electron chi connectivity index (χ0n) is 16.1. The number of carbonyl (C=O) groups is 1. The molecule has 11 heteroatoms. The largest absolute Gasteiger partial charge is 0.383 e. The Hall–Kier alpha value is -1.95. The Morgan fingerprint density at radius 3 is 2.86 bits per heavy atom. The highest BCUT2D eigenvalue weighted by molar-refractivity contribution is 7.93. The van der Waals surface area contributed by atoms with Gasteiger partial charge in [0.25, 0.3) is 0 Å². The fourth-order valence-electron chi connectivity index (χ4n) is 3.69. The molecular formula is C18H22FN5O3S2. The molecular weight excluding hydrogens is 417 g/mol. The smallest absolute Gasteiger partial charge is 0.354 e. The Kier molecular flexibility index (Phi) is 4.96. The molecule has 2 aromatic rings. The van der Waals surface area contributed by atoms with E-state index in [2.05, 4.69) is 19.6 Å². The van der Waals surface area contributed by atoms with Crippen LogP contribution in [0.15, 0.2) is 14.8 Å². The molecule has 2 aliphatic rings. The maximum absolute atomic E-state index is 14.2. The number of carbonyl (C=O) groups excluding carboxylic acids is 1. The van der Waals surface area contributed by atoms with Crippen LogP contribution in [0.25, 0.3) is 0 Å². The van der Waals surface area contributed by atoms with Gasteiger partial charge in [-0.15, -0.1) is 15.7 Å². The minimum Gasteiger partial charge on any atom is -0.383 e. The van der Waals surface area contributed by atoms with E-state index in [4.69, 9.17) is 5.14 Å². The average Bonchev–Trinajstić information content (AvgIpc) is 3.33. The van der Waals surface area contributed by atoms with Crippen molar-refractivity contribution < 1.29 is 18.5 Å². The fraction of sp³-hybridized carbons (Fsp3) is 0.500. The number of aromatic nitrogens is 2. The minimum absolute atomic E-state index is 0.0961. The van der Waals surface area contributed by atoms with Crippen LogP contribution in [0.3, 0.4) is 0 Å². The van der Waals surface area contributed by atoms with Crippen molar-refractivity contribution in [3.8, 4) is 0 Å². The number of hydrogen-bond donors (Lipinski definition) is 3. The monoisotopic (exact) mass is 439 g/mol. The highest BCUT2D eigenvalue weighted by Gasteiger charge is 2.32. The molecule has 2 amide bonds. The lowest BCUT2D eigenvalue weighted by molar-refractivity contribution is 0.0783. The Balaban J connectivity index is 1.66. The molecule has 2 aromatic heterocycles. The quantitative estimate of drug-likeness (QED) is 0.676. The van der Waals surface area contributed by atoms with Crippen molar-refractivity contribution in [2.24, 2.45) is 9.50 Å². The van der Waals surface area contributed by atoms with Crippen LogP contribution >= 0.6 is 11.3 Å². The van der Waals surface area contributed by atoms with Gasteiger partial charge in [0.1, 0.15) is 21.0 Å². The van der Waals surface area contributed by atoms with Gasteiger partial charge in [0.15, 0.2) is 9.92 Å². The number of nitrogens with zero attached hydrogens (tertiary/aromatic N) is 3. The van der Waals surface area contributed by atoms with Gasteiger partial charge in [-0.3, -0.25) is 4.98 Å². The summed E-state index contributed by atoms with van der Waals surface area (Å²) >= 11 is 0.941. The predicted molar refractivity (Wildman–Crippen MR) is 108 cm³/mol. The van der Waals surface area contributed by atoms with E-state index in [1.54, 1.807) is 13.8 Å². The molecule has 0 aromatic carbocycles. The van der Waals surface area contributed by atoms with E-state index in [1.165, 1.54) is 6.20 Å². The van der Waals surface area contributed by atoms with Gasteiger partial charge in [-0.1, -0.05) is 0 Å². The second-order valence-corrected chi connectivity index (χ2v) is 10.8. The molecule has 0 saturated heterocycles. The second-order valence-electron chi connectivity index (χ2n) is 7.77. The zero-order valence-corrected chi connectivity index (χ0v) is 17.7. The molecule has 156 valence electrons. The Bertz CT molecular complexity index is 1120. The lowest BCUT2D eigenvalue weighted by Crippen LogP contribution is -2.18. The van der Waals surface area contributed by atoms with Crippen molar-refractivity contribution in [2.45, 2.75) is 61.9 Å². The van der Waals surface area contributed by atoms with Crippen LogP contribution in [0.4, 0.5) is 14.9 Å². The summed E-state index contributed by atoms with van der Waals surface area (Å²) in [6.45, 7) is 3.08. The highest BCUT2D eigenvalue weighted by atomic mass is 32.2. The number of hydrogen-bond acceptors (Lipinski definition) is 6. The zero-order chi connectivity index (χ0) is 21.0. The Labute approximate surface area is 172 Å². The molecule has 0 spiro atoms. The highest BCUT2D eigenvalue weighted by Crippen LogP contribution is 2.42. The molecule has 8 nitrogen and oxygen atoms in total. The molecule has 2 atom stereocenters. The lowest BCUT2D eigenvalue weighted by Gasteiger charge is -2.14. The van der Waals surface area contributed by atoms with Crippen LogP contribution < -0.4 is 10.5 Å². The number of fused-ring (bicyclic) bond motifs is 2. The van der Waals surface area contributed by atoms with Gasteiger partial charge in [0.05, 0.1) is 17.6 Å². The second kappa shape index (κ2) is 7.08. The predicted octanol–water partition coefficient (Wildman–Crippen LogP) is 3.14. The topological polar surface area (TPSA) is 131 Å². The first-order valence-corrected chi connectivity index (χ1v) is 11.7. The summed E-state index contributed by atoms with van der Waals surface area (Å²) in [5.41, 5.74) is 2.08. The molecule has 4 N–H and O–H groups in total. The number of alkyl halides is 1. The van der Waals surface area contributed by atoms with E-state index in [0.29, 0.717) is 34.8 Å². The van der Waals surface area contributed by atoms with E-state index < -0.39 is 27.7 Å². The molecule has 0 radical (unpaired) electrons. The molecule has 2 aliphatic carbocycles. The summed E-state index contributed by atoms with van der Waals surface area (Å²) in [5, 5.41) is 18.8. The number of thiazole rings is 1. The van der Waals surface area contributed by atoms with Crippen LogP contribution in [0.5, 0.6) is 0 Å². The summed E-state index contributed by atoms with van der Waals surface area (Å²) < 4.78 is 30.8. The van der Waals surface area contributed by atoms with Gasteiger partial charge in [-0.25, -0.2) is 23.5 Å². The standard InChI is InChI=1S/C18H22FN5O3S2/c1-18(2,26)16-21-8-13(28-16)29(20,27)24-17(25)23-14-9-4-3-5-12(9)22-15-10(14)6-7-11(15)19/h8,11,26H,3-7H2,1-2H3,(H3,20,22,23,24,25,27)/t11?,29-/m1/s1. The molecule has 4 rings (SSSR count). The summed E-state index contributed by atoms with van der Waals surface area (Å²) in [6, 6.07) is -0.861. The first kappa shape index (κ1) is 20.3. The number of aryl methyl sites for hydroxylation is 1. The van der Waals surface area contributed by atoms with E-state index in [1.807, 2.05) is 0 Å². The van der Waals surface area contributed by atoms with Gasteiger partial charge in [-0.05, 0) is 51.5 Å². The normalized spacial score (nSPS) is 20.1. The third-order valence-corrected chi connectivity index (χ3v) is 8.24. The Morgan fingerprint density at radius 2 is 2.17 bits per heavy atom. The maximum Gasteiger partial charge on any atom is 0.354 e. The SMILES string of the molecule is CC(C)(O)c1ncc([S@](N)(=O)=NC(=O)Nc2c3c(nc4c2CCC4F)CCC3)s1. The number of urea groups is 1. The first-order valence-electron chi connectivity index (χ1n) is 9.29. The molecule has 0 aliphatic heterocycles. The number of halogens is 1. The van der Waals surface area contributed by atoms with E-state index in [9.17, 15) is 18.5 Å². The third-order valence-electron chi connectivity index (χ3n) is 5.05. The number of rotatable bonds is 3. The molecule has 29 heavy (non-hydrogen) atoms. The van der Waals surface area contributed by atoms with Crippen LogP contribution in [0, 0.1) is 0 Å². The van der Waals surface area contributed by atoms with Crippen LogP contribution in [0.1, 0.15) is 60.4 Å². The number of aliphatic hydroxyl groups is 1. The van der Waals surface area contributed by atoms with Crippen LogP contribution in [0.2, 0.25) is 0 Å². The van der Waals surface area contributed by atoms with Crippen molar-refractivity contribution in [1.82, 2.24) is 9.97 Å². The van der Waals surface area contributed by atoms with E-state index in [0.717, 1.165) is 41.9 Å². The maximum atomic E-state index is 14.2. The van der Waals surface area contributed by atoms with Crippen LogP contribution in [-0.4, -0.2) is 25.3 Å². The van der Waals surface area contributed by atoms with Gasteiger partial charge >= 0.3 is 6.03 Å². The lowest BCUT2D eigenvalue weighted by atomic mass is 10.1. The fourth-order valence-corrected chi connectivity index (χ4v) is 5.75. The van der Waals surface area contributed by atoms with Crippen molar-refractivity contribution in [3.63, 3.8) is 0 Å². The number of anilines is 1. The molecule has 0 saturated carbocycles. The summed E-state index contributed by atoms with van der Waals surface area (Å²) in [6.07, 6.45) is 3.30. The van der Waals surface area contributed by atoms with E-state index >= 15 is 0 Å². The van der Waals surface area contributed by atoms with Gasteiger partial charge in [0, 0.05) is 11.3 Å². The number of nitrogens with two attached hydrogens (primary N) is 1. The Morgan fingerprint density at radius 1 is 1.41 bits per heavy atom. The van der Waals surface area contributed by atoms with Gasteiger partial charge in [-0.2, -0.15) is 0 Å². The first-order chi connectivity index (χ1) is 13.6. The summed E-state index contributed by atoms with van der Waals surface area (Å²) in [5.74, 6) is 0. The third kappa shape index (κ3) is 3.79. The van der Waals surface area contributed by atoms with Crippen molar-refractivity contribution in [1.29, 1.82) is 0 Å². The van der Waals surface area contributed by atoms with Gasteiger partial charge in [0.2, 0.25) is 0 Å². The minimum atomic E-state index is -3.54. The molecule has 2 heterocycles. The van der Waals surface area contributed by atoms with Crippen molar-refractivity contribution in [2.75, 3.05) is 5.32 Å². The summed E-state index contributed by atoms with van der Waals surface area (Å²) in [7, 11) is -3.54. The average molecular weight is 440 g/mol. The summed E-state index contributed by atoms with van der Waals surface area (Å²) in [4.78, 5) is 21.0. The molecule has 0 fully saturated rings. The number of amides is 2. The number of nitrogens with one attached hydrogen (secondary N) is 1. The molecule has 1 unspecified atom stereocenters. The number of pyridine rings is 1. The van der Waals surface area contributed by atoms with Crippen molar-refractivity contribution in [3.05, 3.63) is 33.7 Å².